The molecule has 0 fully saturated rings. The first-order valence-corrected chi connectivity index (χ1v) is 4.06. The molecule has 2 atom stereocenters. The molecule has 6 nitrogen and oxygen atoms in total. The number of aldehydes is 1. The normalized spacial score (nSPS) is 12.5. The Labute approximate surface area is 88.3 Å². The van der Waals surface area contributed by atoms with Gasteiger partial charge in [-0.15, -0.1) is 0 Å². The van der Waals surface area contributed by atoms with Crippen LogP contribution in [-0.2, 0) is 9.59 Å². The van der Waals surface area contributed by atoms with Gasteiger partial charge in [-0.1, -0.05) is 13.2 Å². The number of likely N-dealkylation sites (N-methyl/N-ethyl adjacent to an activating group) is 1. The SMILES string of the molecule is C=CC(=O)NC(O)C(O)NC.C=CC=O. The summed E-state index contributed by atoms with van der Waals surface area (Å²) in [6.45, 7) is 6.28. The minimum absolute atomic E-state index is 0.535. The minimum Gasteiger partial charge on any atom is -0.374 e. The first-order chi connectivity index (χ1) is 7.03. The summed E-state index contributed by atoms with van der Waals surface area (Å²) in [4.78, 5) is 19.6. The molecule has 0 aromatic carbocycles. The van der Waals surface area contributed by atoms with Crippen molar-refractivity contribution in [3.8, 4) is 0 Å². The van der Waals surface area contributed by atoms with Crippen LogP contribution < -0.4 is 10.6 Å². The Hall–Kier alpha value is -1.50. The van der Waals surface area contributed by atoms with E-state index in [1.54, 1.807) is 0 Å². The van der Waals surface area contributed by atoms with Crippen molar-refractivity contribution in [2.45, 2.75) is 12.5 Å². The third-order valence-electron chi connectivity index (χ3n) is 1.17. The van der Waals surface area contributed by atoms with Crippen molar-refractivity contribution >= 4 is 12.2 Å². The van der Waals surface area contributed by atoms with E-state index in [0.29, 0.717) is 6.29 Å². The second-order valence-electron chi connectivity index (χ2n) is 2.26. The van der Waals surface area contributed by atoms with Crippen molar-refractivity contribution in [1.82, 2.24) is 10.6 Å². The zero-order valence-electron chi connectivity index (χ0n) is 8.51. The van der Waals surface area contributed by atoms with Gasteiger partial charge in [-0.25, -0.2) is 0 Å². The van der Waals surface area contributed by atoms with Crippen molar-refractivity contribution in [3.63, 3.8) is 0 Å². The van der Waals surface area contributed by atoms with Crippen LogP contribution in [-0.4, -0.2) is 41.9 Å². The molecule has 2 unspecified atom stereocenters. The zero-order chi connectivity index (χ0) is 12.3. The molecular formula is C9H16N2O4. The molecule has 0 spiro atoms. The van der Waals surface area contributed by atoms with Crippen LogP contribution >= 0.6 is 0 Å². The largest absolute Gasteiger partial charge is 0.374 e. The van der Waals surface area contributed by atoms with E-state index < -0.39 is 18.4 Å². The third kappa shape index (κ3) is 10.4. The van der Waals surface area contributed by atoms with E-state index in [1.807, 2.05) is 0 Å². The molecule has 0 aliphatic carbocycles. The van der Waals surface area contributed by atoms with Gasteiger partial charge in [0.1, 0.15) is 12.5 Å². The van der Waals surface area contributed by atoms with Gasteiger partial charge in [0.15, 0.2) is 6.23 Å². The summed E-state index contributed by atoms with van der Waals surface area (Å²) in [5.41, 5.74) is 0. The van der Waals surface area contributed by atoms with E-state index in [9.17, 15) is 4.79 Å². The number of rotatable bonds is 5. The molecule has 0 aliphatic heterocycles. The van der Waals surface area contributed by atoms with E-state index in [1.165, 1.54) is 13.1 Å². The summed E-state index contributed by atoms with van der Waals surface area (Å²) in [5, 5.41) is 22.2. The summed E-state index contributed by atoms with van der Waals surface area (Å²) in [7, 11) is 1.45. The lowest BCUT2D eigenvalue weighted by molar-refractivity contribution is -0.122. The van der Waals surface area contributed by atoms with Crippen LogP contribution in [0.3, 0.4) is 0 Å². The Balaban J connectivity index is 0. The molecular weight excluding hydrogens is 200 g/mol. The van der Waals surface area contributed by atoms with Gasteiger partial charge in [-0.3, -0.25) is 14.9 Å². The summed E-state index contributed by atoms with van der Waals surface area (Å²) in [6, 6.07) is 0. The van der Waals surface area contributed by atoms with Crippen LogP contribution in [0.25, 0.3) is 0 Å². The Bertz CT molecular complexity index is 212. The third-order valence-corrected chi connectivity index (χ3v) is 1.17. The van der Waals surface area contributed by atoms with Crippen molar-refractivity contribution in [1.29, 1.82) is 0 Å². The summed E-state index contributed by atoms with van der Waals surface area (Å²) in [5.74, 6) is -0.535. The Kier molecular flexibility index (Phi) is 11.2. The molecule has 0 rings (SSSR count). The maximum atomic E-state index is 10.5. The van der Waals surface area contributed by atoms with Crippen molar-refractivity contribution in [2.24, 2.45) is 0 Å². The molecule has 0 saturated heterocycles. The van der Waals surface area contributed by atoms with Crippen LogP contribution in [0.5, 0.6) is 0 Å². The highest BCUT2D eigenvalue weighted by molar-refractivity contribution is 5.86. The second-order valence-corrected chi connectivity index (χ2v) is 2.26. The van der Waals surface area contributed by atoms with Crippen molar-refractivity contribution < 1.29 is 19.8 Å². The summed E-state index contributed by atoms with van der Waals surface area (Å²) in [6.07, 6.45) is 0.357. The molecule has 15 heavy (non-hydrogen) atoms. The number of carbonyl (C=O) groups is 2. The summed E-state index contributed by atoms with van der Waals surface area (Å²) < 4.78 is 0. The molecule has 0 aromatic heterocycles. The standard InChI is InChI=1S/C6H12N2O3.C3H4O/c1-3-4(9)8-6(11)5(10)7-2;1-2-3-4/h3,5-7,10-11H,1H2,2H3,(H,8,9);2-3H,1H2. The highest BCUT2D eigenvalue weighted by atomic mass is 16.4. The molecule has 6 heteroatoms. The maximum Gasteiger partial charge on any atom is 0.245 e. The second kappa shape index (κ2) is 10.6. The van der Waals surface area contributed by atoms with Gasteiger partial charge in [0.25, 0.3) is 0 Å². The van der Waals surface area contributed by atoms with E-state index >= 15 is 0 Å². The molecule has 0 bridgehead atoms. The average Bonchev–Trinajstić information content (AvgIpc) is 2.27. The molecule has 4 N–H and O–H groups in total. The Morgan fingerprint density at radius 3 is 2.07 bits per heavy atom. The predicted octanol–water partition coefficient (Wildman–Crippen LogP) is -1.48. The zero-order valence-corrected chi connectivity index (χ0v) is 8.51. The lowest BCUT2D eigenvalue weighted by atomic mass is 10.4. The molecule has 0 saturated carbocycles. The number of aliphatic hydroxyl groups is 2. The van der Waals surface area contributed by atoms with E-state index in [2.05, 4.69) is 23.8 Å². The van der Waals surface area contributed by atoms with Crippen molar-refractivity contribution in [3.05, 3.63) is 25.3 Å². The lowest BCUT2D eigenvalue weighted by Gasteiger charge is -2.16. The fourth-order valence-electron chi connectivity index (χ4n) is 0.441. The quantitative estimate of drug-likeness (QED) is 0.255. The van der Waals surface area contributed by atoms with Gasteiger partial charge in [0.2, 0.25) is 5.91 Å². The van der Waals surface area contributed by atoms with Crippen molar-refractivity contribution in [2.75, 3.05) is 7.05 Å². The number of aliphatic hydroxyl groups excluding tert-OH is 2. The highest BCUT2D eigenvalue weighted by Gasteiger charge is 2.14. The Morgan fingerprint density at radius 1 is 1.33 bits per heavy atom. The first-order valence-electron chi connectivity index (χ1n) is 4.06. The van der Waals surface area contributed by atoms with Gasteiger partial charge in [0.05, 0.1) is 0 Å². The minimum atomic E-state index is -1.31. The topological polar surface area (TPSA) is 98.7 Å². The van der Waals surface area contributed by atoms with E-state index in [4.69, 9.17) is 15.0 Å². The Morgan fingerprint density at radius 2 is 1.80 bits per heavy atom. The fraction of sp³-hybridized carbons (Fsp3) is 0.333. The molecule has 0 radical (unpaired) electrons. The maximum absolute atomic E-state index is 10.5. The van der Waals surface area contributed by atoms with Crippen LogP contribution in [0.2, 0.25) is 0 Å². The first kappa shape index (κ1) is 15.9. The molecule has 0 aromatic rings. The van der Waals surface area contributed by atoms with Gasteiger partial charge in [-0.2, -0.15) is 0 Å². The molecule has 0 heterocycles. The summed E-state index contributed by atoms with van der Waals surface area (Å²) >= 11 is 0. The van der Waals surface area contributed by atoms with E-state index in [-0.39, 0.29) is 0 Å². The van der Waals surface area contributed by atoms with Crippen LogP contribution in [0, 0.1) is 0 Å². The number of amides is 1. The lowest BCUT2D eigenvalue weighted by Crippen LogP contribution is -2.48. The fourth-order valence-corrected chi connectivity index (χ4v) is 0.441. The van der Waals surface area contributed by atoms with Gasteiger partial charge in [-0.05, 0) is 19.2 Å². The number of allylic oxidation sites excluding steroid dienone is 1. The molecule has 1 amide bonds. The number of hydrogen-bond donors (Lipinski definition) is 4. The number of hydrogen-bond acceptors (Lipinski definition) is 5. The van der Waals surface area contributed by atoms with E-state index in [0.717, 1.165) is 6.08 Å². The monoisotopic (exact) mass is 216 g/mol. The van der Waals surface area contributed by atoms with Gasteiger partial charge in [0, 0.05) is 0 Å². The van der Waals surface area contributed by atoms with Crippen LogP contribution in [0.1, 0.15) is 0 Å². The predicted molar refractivity (Wildman–Crippen MR) is 55.7 cm³/mol. The molecule has 0 aliphatic rings. The smallest absolute Gasteiger partial charge is 0.245 e. The van der Waals surface area contributed by atoms with Crippen LogP contribution in [0.4, 0.5) is 0 Å². The van der Waals surface area contributed by atoms with Gasteiger partial charge < -0.3 is 15.5 Å². The highest BCUT2D eigenvalue weighted by Crippen LogP contribution is 1.83. The van der Waals surface area contributed by atoms with Gasteiger partial charge >= 0.3 is 0 Å². The van der Waals surface area contributed by atoms with Crippen LogP contribution in [0.15, 0.2) is 25.3 Å². The number of nitrogens with one attached hydrogen (secondary N) is 2. The number of carbonyl (C=O) groups excluding carboxylic acids is 2. The molecule has 86 valence electrons. The average molecular weight is 216 g/mol.